The third kappa shape index (κ3) is 10.6. The van der Waals surface area contributed by atoms with Gasteiger partial charge in [0.25, 0.3) is 0 Å². The summed E-state index contributed by atoms with van der Waals surface area (Å²) in [4.78, 5) is 58.6. The number of ether oxygens (including phenoxy) is 5. The number of ketones is 1. The molecule has 17 heteroatoms. The molecule has 0 saturated carbocycles. The van der Waals surface area contributed by atoms with Gasteiger partial charge in [-0.2, -0.15) is 0 Å². The number of likely N-dealkylation sites (N-methyl/N-ethyl adjacent to an activating group) is 1. The van der Waals surface area contributed by atoms with Gasteiger partial charge in [-0.3, -0.25) is 19.2 Å². The predicted octanol–water partition coefficient (Wildman–Crippen LogP) is 3.85. The number of nitrogen functional groups attached to an aromatic ring is 1. The molecule has 3 saturated heterocycles. The molecule has 1 aromatic heterocycles. The molecule has 1 amide bonds. The summed E-state index contributed by atoms with van der Waals surface area (Å²) >= 11 is 0. The van der Waals surface area contributed by atoms with Gasteiger partial charge in [0, 0.05) is 55.9 Å². The van der Waals surface area contributed by atoms with Crippen molar-refractivity contribution < 1.29 is 48.0 Å². The number of carbonyl (C=O) groups excluding carboxylic acids is 4. The van der Waals surface area contributed by atoms with Crippen LogP contribution in [0.3, 0.4) is 0 Å². The first kappa shape index (κ1) is 48.0. The van der Waals surface area contributed by atoms with E-state index in [1.54, 1.807) is 23.4 Å². The summed E-state index contributed by atoms with van der Waals surface area (Å²) in [6.45, 7) is 14.0. The fourth-order valence-electron chi connectivity index (χ4n) is 9.68. The Labute approximate surface area is 360 Å². The van der Waals surface area contributed by atoms with E-state index in [-0.39, 0.29) is 36.9 Å². The molecule has 61 heavy (non-hydrogen) atoms. The van der Waals surface area contributed by atoms with E-state index in [1.807, 2.05) is 77.2 Å². The first-order valence-corrected chi connectivity index (χ1v) is 21.8. The normalized spacial score (nSPS) is 35.6. The molecule has 17 nitrogen and oxygen atoms in total. The van der Waals surface area contributed by atoms with Crippen molar-refractivity contribution in [2.45, 2.75) is 154 Å². The number of methoxy groups -OCH3 is 1. The van der Waals surface area contributed by atoms with E-state index >= 15 is 0 Å². The van der Waals surface area contributed by atoms with Crippen LogP contribution in [0.2, 0.25) is 0 Å². The molecule has 13 atom stereocenters. The number of carbonyl (C=O) groups is 4. The van der Waals surface area contributed by atoms with Crippen molar-refractivity contribution in [3.8, 4) is 11.3 Å². The number of esters is 1. The van der Waals surface area contributed by atoms with Gasteiger partial charge in [-0.1, -0.05) is 38.1 Å². The SMILES string of the molecule is CC[C@H]1OC(=O)[C@H](C)C(=O)[C@H](C)[C@@H](O[C@@H]2O[C@H](C)CC(N(C)C)C2O)[C@](CC=O)(OC)C[C@@H](C)CN[C@H](C)[C@H]2N(CCCCn3cc(-c4cccc(N)c4)nn3)C(=O)O[C@]12C. The lowest BCUT2D eigenvalue weighted by atomic mass is 9.76. The van der Waals surface area contributed by atoms with Crippen molar-refractivity contribution in [3.05, 3.63) is 30.5 Å². The average molecular weight is 856 g/mol. The largest absolute Gasteiger partial charge is 0.458 e. The van der Waals surface area contributed by atoms with Gasteiger partial charge >= 0.3 is 12.1 Å². The van der Waals surface area contributed by atoms with E-state index in [0.717, 1.165) is 11.8 Å². The summed E-state index contributed by atoms with van der Waals surface area (Å²) in [7, 11) is 5.21. The zero-order valence-electron chi connectivity index (χ0n) is 37.6. The number of fused-ring (bicyclic) bond motifs is 1. The number of rotatable bonds is 13. The van der Waals surface area contributed by atoms with Gasteiger partial charge in [0.2, 0.25) is 0 Å². The van der Waals surface area contributed by atoms with Crippen molar-refractivity contribution in [1.82, 2.24) is 30.1 Å². The molecule has 1 aromatic carbocycles. The zero-order chi connectivity index (χ0) is 44.8. The molecule has 340 valence electrons. The molecule has 0 radical (unpaired) electrons. The van der Waals surface area contributed by atoms with E-state index < -0.39 is 71.5 Å². The Morgan fingerprint density at radius 1 is 1.11 bits per heavy atom. The number of aliphatic hydroxyl groups is 1. The number of aromatic nitrogens is 3. The van der Waals surface area contributed by atoms with Crippen LogP contribution in [0, 0.1) is 17.8 Å². The number of aliphatic hydroxyl groups excluding tert-OH is 1. The van der Waals surface area contributed by atoms with Crippen molar-refractivity contribution in [1.29, 1.82) is 0 Å². The molecule has 2 aromatic rings. The van der Waals surface area contributed by atoms with E-state index in [9.17, 15) is 24.3 Å². The lowest BCUT2D eigenvalue weighted by Crippen LogP contribution is -2.61. The maximum atomic E-state index is 14.5. The number of hydrogen-bond acceptors (Lipinski definition) is 15. The topological polar surface area (TPSA) is 210 Å². The Hall–Kier alpha value is -4.00. The van der Waals surface area contributed by atoms with Crippen LogP contribution in [0.1, 0.15) is 87.0 Å². The van der Waals surface area contributed by atoms with Crippen LogP contribution in [0.15, 0.2) is 30.5 Å². The van der Waals surface area contributed by atoms with Gasteiger partial charge in [-0.25, -0.2) is 4.79 Å². The number of nitrogens with one attached hydrogen (secondary N) is 1. The fourth-order valence-corrected chi connectivity index (χ4v) is 9.68. The van der Waals surface area contributed by atoms with Crippen molar-refractivity contribution in [2.75, 3.05) is 40.0 Å². The van der Waals surface area contributed by atoms with E-state index in [0.29, 0.717) is 56.7 Å². The predicted molar refractivity (Wildman–Crippen MR) is 227 cm³/mol. The van der Waals surface area contributed by atoms with E-state index in [2.05, 4.69) is 15.6 Å². The molecule has 0 bridgehead atoms. The number of nitrogens with two attached hydrogens (primary N) is 1. The van der Waals surface area contributed by atoms with Gasteiger partial charge in [0.15, 0.2) is 17.7 Å². The Morgan fingerprint density at radius 3 is 2.49 bits per heavy atom. The summed E-state index contributed by atoms with van der Waals surface area (Å²) < 4.78 is 33.2. The maximum absolute atomic E-state index is 14.5. The first-order valence-electron chi connectivity index (χ1n) is 21.8. The summed E-state index contributed by atoms with van der Waals surface area (Å²) in [5.41, 5.74) is 5.54. The molecule has 0 aliphatic carbocycles. The van der Waals surface area contributed by atoms with Crippen LogP contribution in [-0.2, 0) is 44.6 Å². The zero-order valence-corrected chi connectivity index (χ0v) is 37.6. The lowest BCUT2D eigenvalue weighted by molar-refractivity contribution is -0.297. The highest BCUT2D eigenvalue weighted by Crippen LogP contribution is 2.41. The minimum absolute atomic E-state index is 0.133. The summed E-state index contributed by atoms with van der Waals surface area (Å²) in [6.07, 6.45) is -0.125. The summed E-state index contributed by atoms with van der Waals surface area (Å²) in [6, 6.07) is 6.22. The number of unbranched alkanes of at least 4 members (excludes halogenated alkanes) is 1. The molecular weight excluding hydrogens is 787 g/mol. The van der Waals surface area contributed by atoms with Crippen LogP contribution in [0.25, 0.3) is 11.3 Å². The molecular formula is C44H69N7O10. The molecule has 3 aliphatic heterocycles. The number of anilines is 1. The highest BCUT2D eigenvalue weighted by atomic mass is 16.7. The van der Waals surface area contributed by atoms with Crippen LogP contribution in [0.4, 0.5) is 10.5 Å². The van der Waals surface area contributed by atoms with Crippen LogP contribution >= 0.6 is 0 Å². The maximum Gasteiger partial charge on any atom is 0.410 e. The monoisotopic (exact) mass is 856 g/mol. The summed E-state index contributed by atoms with van der Waals surface area (Å²) in [5, 5.41) is 23.7. The number of aldehydes is 1. The van der Waals surface area contributed by atoms with Gasteiger partial charge in [0.05, 0.1) is 24.4 Å². The minimum Gasteiger partial charge on any atom is -0.458 e. The standard InChI is InChI=1S/C44H69N7O10/c1-11-35-43(7)38(51(42(56)61-43)19-13-12-18-50-25-33(47-48-50)31-15-14-16-32(45)22-31)30(6)46-24-26(2)23-44(57-10,17-20-52)39(28(4)36(53)29(5)40(55)59-35)60-41-37(54)34(49(8)9)21-27(3)58-41/h14-16,20,22,25-30,34-35,37-39,41,46,54H,11-13,17-19,21,23-24,45H2,1-10H3/t26-,27-,28+,29-,30-,34?,35-,37?,38-,39-,41+,43-,44-/m1/s1. The number of hydrogen-bond donors (Lipinski definition) is 3. The Kier molecular flexibility index (Phi) is 16.1. The highest BCUT2D eigenvalue weighted by Gasteiger charge is 2.59. The van der Waals surface area contributed by atoms with E-state index in [1.165, 1.54) is 14.0 Å². The second-order valence-corrected chi connectivity index (χ2v) is 17.9. The van der Waals surface area contributed by atoms with Gasteiger partial charge in [-0.05, 0) is 98.5 Å². The third-order valence-electron chi connectivity index (χ3n) is 13.0. The smallest absolute Gasteiger partial charge is 0.410 e. The summed E-state index contributed by atoms with van der Waals surface area (Å²) in [5.74, 6) is -3.72. The molecule has 3 aliphatic rings. The van der Waals surface area contributed by atoms with E-state index in [4.69, 9.17) is 29.4 Å². The number of Topliss-reactive ketones (excluding diaryl/α,β-unsaturated/α-hetero) is 1. The number of aryl methyl sites for hydroxylation is 1. The fraction of sp³-hybridized carbons (Fsp3) is 0.727. The second-order valence-electron chi connectivity index (χ2n) is 17.9. The molecule has 0 spiro atoms. The molecule has 5 rings (SSSR count). The minimum atomic E-state index is -1.36. The number of amides is 1. The lowest BCUT2D eigenvalue weighted by Gasteiger charge is -2.47. The first-order chi connectivity index (χ1) is 28.9. The Morgan fingerprint density at radius 2 is 1.84 bits per heavy atom. The highest BCUT2D eigenvalue weighted by molar-refractivity contribution is 6.00. The third-order valence-corrected chi connectivity index (χ3v) is 13.0. The average Bonchev–Trinajstić information content (AvgIpc) is 3.80. The van der Waals surface area contributed by atoms with Crippen molar-refractivity contribution >= 4 is 29.8 Å². The number of nitrogens with zero attached hydrogens (tertiary/aromatic N) is 5. The molecule has 4 N–H and O–H groups in total. The molecule has 2 unspecified atom stereocenters. The Balaban J connectivity index is 1.41. The molecule has 4 heterocycles. The van der Waals surface area contributed by atoms with Crippen LogP contribution in [-0.4, -0.2) is 148 Å². The van der Waals surface area contributed by atoms with Gasteiger partial charge in [0.1, 0.15) is 35.7 Å². The quantitative estimate of drug-likeness (QED) is 0.0860. The number of benzene rings is 1. The second kappa shape index (κ2) is 20.5. The van der Waals surface area contributed by atoms with Crippen LogP contribution < -0.4 is 11.1 Å². The number of cyclic esters (lactones) is 1. The Bertz CT molecular complexity index is 1810. The van der Waals surface area contributed by atoms with Crippen LogP contribution in [0.5, 0.6) is 0 Å². The van der Waals surface area contributed by atoms with Crippen molar-refractivity contribution in [3.63, 3.8) is 0 Å². The van der Waals surface area contributed by atoms with Crippen molar-refractivity contribution in [2.24, 2.45) is 17.8 Å². The van der Waals surface area contributed by atoms with Gasteiger partial charge < -0.3 is 49.5 Å². The molecule has 3 fully saturated rings. The van der Waals surface area contributed by atoms with Gasteiger partial charge in [-0.15, -0.1) is 5.10 Å².